The lowest BCUT2D eigenvalue weighted by Gasteiger charge is -2.02. The molecule has 0 atom stereocenters. The summed E-state index contributed by atoms with van der Waals surface area (Å²) >= 11 is 2.35. The first-order valence-electron chi connectivity index (χ1n) is 8.39. The number of nitrogens with one attached hydrogen (secondary N) is 1. The summed E-state index contributed by atoms with van der Waals surface area (Å²) in [6, 6.07) is 9.17. The number of ether oxygens (including phenoxy) is 1. The van der Waals surface area contributed by atoms with Gasteiger partial charge in [-0.1, -0.05) is 29.2 Å². The van der Waals surface area contributed by atoms with Gasteiger partial charge < -0.3 is 10.1 Å². The van der Waals surface area contributed by atoms with Crippen LogP contribution in [-0.4, -0.2) is 44.4 Å². The Morgan fingerprint density at radius 1 is 1.18 bits per heavy atom. The highest BCUT2D eigenvalue weighted by Gasteiger charge is 2.17. The minimum absolute atomic E-state index is 0.144. The third kappa shape index (κ3) is 5.11. The van der Waals surface area contributed by atoms with Gasteiger partial charge in [0, 0.05) is 6.20 Å². The lowest BCUT2D eigenvalue weighted by atomic mass is 10.2. The Hall–Kier alpha value is -2.85. The van der Waals surface area contributed by atoms with Crippen LogP contribution in [-0.2, 0) is 9.53 Å². The second kappa shape index (κ2) is 9.38. The minimum atomic E-state index is -0.435. The number of thioether (sulfide) groups is 1. The molecule has 0 aliphatic heterocycles. The van der Waals surface area contributed by atoms with Gasteiger partial charge in [0.15, 0.2) is 5.13 Å². The van der Waals surface area contributed by atoms with Crippen molar-refractivity contribution in [3.05, 3.63) is 47.1 Å². The number of carbonyl (C=O) groups is 2. The molecule has 3 aromatic rings. The Labute approximate surface area is 169 Å². The molecule has 0 bridgehead atoms. The molecular weight excluding hydrogens is 398 g/mol. The summed E-state index contributed by atoms with van der Waals surface area (Å²) in [6.45, 7) is 3.72. The highest BCUT2D eigenvalue weighted by Crippen LogP contribution is 2.24. The highest BCUT2D eigenvalue weighted by atomic mass is 32.2. The third-order valence-corrected chi connectivity index (χ3v) is 5.40. The number of anilines is 1. The normalized spacial score (nSPS) is 10.5. The quantitative estimate of drug-likeness (QED) is 0.463. The van der Waals surface area contributed by atoms with Crippen LogP contribution in [0.2, 0.25) is 0 Å². The number of rotatable bonds is 7. The van der Waals surface area contributed by atoms with Crippen LogP contribution in [0.15, 0.2) is 41.6 Å². The van der Waals surface area contributed by atoms with Crippen LogP contribution in [0.25, 0.3) is 11.4 Å². The third-order valence-electron chi connectivity index (χ3n) is 3.42. The molecule has 0 saturated carbocycles. The molecule has 0 fully saturated rings. The molecule has 10 heteroatoms. The Morgan fingerprint density at radius 3 is 2.71 bits per heavy atom. The number of aromatic nitrogens is 4. The molecule has 0 aromatic carbocycles. The Bertz CT molecular complexity index is 961. The van der Waals surface area contributed by atoms with Crippen LogP contribution in [0, 0.1) is 6.92 Å². The van der Waals surface area contributed by atoms with Crippen LogP contribution in [0.5, 0.6) is 0 Å². The molecule has 3 heterocycles. The summed E-state index contributed by atoms with van der Waals surface area (Å²) in [5, 5.41) is 11.9. The van der Waals surface area contributed by atoms with E-state index in [0.29, 0.717) is 26.4 Å². The predicted molar refractivity (Wildman–Crippen MR) is 107 cm³/mol. The summed E-state index contributed by atoms with van der Waals surface area (Å²) in [6.07, 6.45) is 1.69. The molecule has 1 N–H and O–H groups in total. The van der Waals surface area contributed by atoms with Crippen LogP contribution in [0.4, 0.5) is 5.13 Å². The maximum absolute atomic E-state index is 12.2. The topological polar surface area (TPSA) is 107 Å². The van der Waals surface area contributed by atoms with Crippen LogP contribution >= 0.6 is 23.1 Å². The van der Waals surface area contributed by atoms with Crippen molar-refractivity contribution in [1.82, 2.24) is 20.2 Å². The molecule has 0 saturated heterocycles. The van der Waals surface area contributed by atoms with E-state index in [9.17, 15) is 9.59 Å². The fourth-order valence-corrected chi connectivity index (χ4v) is 3.67. The van der Waals surface area contributed by atoms with E-state index in [-0.39, 0.29) is 18.3 Å². The van der Waals surface area contributed by atoms with Gasteiger partial charge in [0.25, 0.3) is 0 Å². The lowest BCUT2D eigenvalue weighted by Crippen LogP contribution is -2.14. The zero-order valence-electron chi connectivity index (χ0n) is 15.2. The largest absolute Gasteiger partial charge is 0.462 e. The zero-order chi connectivity index (χ0) is 19.9. The van der Waals surface area contributed by atoms with Crippen LogP contribution in [0.3, 0.4) is 0 Å². The number of pyridine rings is 1. The van der Waals surface area contributed by atoms with Crippen LogP contribution < -0.4 is 5.32 Å². The monoisotopic (exact) mass is 415 g/mol. The second-order valence-electron chi connectivity index (χ2n) is 5.46. The predicted octanol–water partition coefficient (Wildman–Crippen LogP) is 3.21. The van der Waals surface area contributed by atoms with E-state index in [1.54, 1.807) is 26.1 Å². The molecule has 3 rings (SSSR count). The van der Waals surface area contributed by atoms with E-state index in [4.69, 9.17) is 4.74 Å². The van der Waals surface area contributed by atoms with Crippen molar-refractivity contribution in [1.29, 1.82) is 0 Å². The fraction of sp³-hybridized carbons (Fsp3) is 0.222. The SMILES string of the molecule is CCOC(=O)c1sc(NC(=O)CSc2ccc(-c3ccccn3)nn2)nc1C. The molecule has 8 nitrogen and oxygen atoms in total. The first-order chi connectivity index (χ1) is 13.6. The van der Waals surface area contributed by atoms with Gasteiger partial charge in [0.2, 0.25) is 5.91 Å². The smallest absolute Gasteiger partial charge is 0.350 e. The van der Waals surface area contributed by atoms with Crippen LogP contribution in [0.1, 0.15) is 22.3 Å². The Kier molecular flexibility index (Phi) is 6.66. The van der Waals surface area contributed by atoms with Gasteiger partial charge >= 0.3 is 5.97 Å². The maximum Gasteiger partial charge on any atom is 0.350 e. The average Bonchev–Trinajstić information content (AvgIpc) is 3.08. The number of amides is 1. The average molecular weight is 416 g/mol. The van der Waals surface area contributed by atoms with E-state index in [2.05, 4.69) is 25.5 Å². The molecular formula is C18H17N5O3S2. The molecule has 0 aliphatic carbocycles. The number of thiazole rings is 1. The van der Waals surface area contributed by atoms with E-state index < -0.39 is 5.97 Å². The van der Waals surface area contributed by atoms with Crippen molar-refractivity contribution in [2.75, 3.05) is 17.7 Å². The summed E-state index contributed by atoms with van der Waals surface area (Å²) in [5.41, 5.74) is 1.93. The number of hydrogen-bond donors (Lipinski definition) is 1. The number of hydrogen-bond acceptors (Lipinski definition) is 9. The van der Waals surface area contributed by atoms with Gasteiger partial charge in [-0.05, 0) is 38.1 Å². The molecule has 0 aliphatic rings. The lowest BCUT2D eigenvalue weighted by molar-refractivity contribution is -0.113. The highest BCUT2D eigenvalue weighted by molar-refractivity contribution is 7.99. The van der Waals surface area contributed by atoms with Gasteiger partial charge in [0.1, 0.15) is 15.6 Å². The van der Waals surface area contributed by atoms with Gasteiger partial charge in [-0.2, -0.15) is 0 Å². The Balaban J connectivity index is 1.55. The van der Waals surface area contributed by atoms with Gasteiger partial charge in [-0.15, -0.1) is 10.2 Å². The van der Waals surface area contributed by atoms with Crippen molar-refractivity contribution in [2.45, 2.75) is 18.9 Å². The van der Waals surface area contributed by atoms with Crippen molar-refractivity contribution in [3.63, 3.8) is 0 Å². The summed E-state index contributed by atoms with van der Waals surface area (Å²) in [4.78, 5) is 32.8. The molecule has 28 heavy (non-hydrogen) atoms. The number of nitrogens with zero attached hydrogens (tertiary/aromatic N) is 4. The Morgan fingerprint density at radius 2 is 2.04 bits per heavy atom. The zero-order valence-corrected chi connectivity index (χ0v) is 16.8. The first-order valence-corrected chi connectivity index (χ1v) is 10.2. The first kappa shape index (κ1) is 19.9. The summed E-state index contributed by atoms with van der Waals surface area (Å²) in [7, 11) is 0. The van der Waals surface area contributed by atoms with Gasteiger partial charge in [-0.25, -0.2) is 9.78 Å². The maximum atomic E-state index is 12.2. The van der Waals surface area contributed by atoms with Crippen molar-refractivity contribution < 1.29 is 14.3 Å². The van der Waals surface area contributed by atoms with E-state index in [1.807, 2.05) is 24.3 Å². The molecule has 3 aromatic heterocycles. The molecule has 144 valence electrons. The summed E-state index contributed by atoms with van der Waals surface area (Å²) < 4.78 is 4.97. The number of esters is 1. The fourth-order valence-electron chi connectivity index (χ4n) is 2.18. The van der Waals surface area contributed by atoms with Crippen molar-refractivity contribution >= 4 is 40.1 Å². The summed E-state index contributed by atoms with van der Waals surface area (Å²) in [5.74, 6) is -0.536. The van der Waals surface area contributed by atoms with Crippen molar-refractivity contribution in [2.24, 2.45) is 0 Å². The molecule has 0 unspecified atom stereocenters. The molecule has 1 amide bonds. The minimum Gasteiger partial charge on any atom is -0.462 e. The van der Waals surface area contributed by atoms with E-state index >= 15 is 0 Å². The molecule has 0 spiro atoms. The van der Waals surface area contributed by atoms with Gasteiger partial charge in [-0.3, -0.25) is 9.78 Å². The molecule has 0 radical (unpaired) electrons. The number of carbonyl (C=O) groups excluding carboxylic acids is 2. The second-order valence-corrected chi connectivity index (χ2v) is 7.46. The standard InChI is InChI=1S/C18H17N5O3S2/c1-3-26-17(25)16-11(2)20-18(28-16)21-14(24)10-27-15-8-7-13(22-23-15)12-6-4-5-9-19-12/h4-9H,3,10H2,1-2H3,(H,20,21,24). The van der Waals surface area contributed by atoms with E-state index in [0.717, 1.165) is 17.0 Å². The van der Waals surface area contributed by atoms with Crippen molar-refractivity contribution in [3.8, 4) is 11.4 Å². The number of aryl methyl sites for hydroxylation is 1. The van der Waals surface area contributed by atoms with E-state index in [1.165, 1.54) is 11.8 Å². The van der Waals surface area contributed by atoms with Gasteiger partial charge in [0.05, 0.1) is 23.7 Å².